The molecule has 6 heteroatoms. The van der Waals surface area contributed by atoms with Crippen molar-refractivity contribution in [2.75, 3.05) is 24.5 Å². The van der Waals surface area contributed by atoms with E-state index in [0.29, 0.717) is 6.54 Å². The molecular formula is C18H28BrN3O2. The van der Waals surface area contributed by atoms with Crippen LogP contribution in [0.1, 0.15) is 41.5 Å². The fourth-order valence-corrected chi connectivity index (χ4v) is 3.06. The van der Waals surface area contributed by atoms with Gasteiger partial charge in [0.1, 0.15) is 11.4 Å². The quantitative estimate of drug-likeness (QED) is 0.707. The smallest absolute Gasteiger partial charge is 0.410 e. The summed E-state index contributed by atoms with van der Waals surface area (Å²) in [7, 11) is 0. The molecule has 1 atom stereocenters. The molecule has 1 amide bonds. The number of carbonyl (C=O) groups is 1. The van der Waals surface area contributed by atoms with Crippen LogP contribution in [0.25, 0.3) is 0 Å². The molecule has 0 radical (unpaired) electrons. The number of hydrogen-bond donors (Lipinski definition) is 0. The van der Waals surface area contributed by atoms with Gasteiger partial charge in [-0.3, -0.25) is 0 Å². The molecule has 5 nitrogen and oxygen atoms in total. The van der Waals surface area contributed by atoms with E-state index in [-0.39, 0.29) is 17.6 Å². The Hall–Kier alpha value is -1.30. The zero-order chi connectivity index (χ0) is 18.1. The van der Waals surface area contributed by atoms with Gasteiger partial charge in [0.15, 0.2) is 0 Å². The van der Waals surface area contributed by atoms with Crippen LogP contribution in [0.2, 0.25) is 0 Å². The van der Waals surface area contributed by atoms with E-state index < -0.39 is 5.60 Å². The highest BCUT2D eigenvalue weighted by Gasteiger charge is 2.40. The lowest BCUT2D eigenvalue weighted by atomic mass is 9.84. The van der Waals surface area contributed by atoms with Crippen LogP contribution in [0.5, 0.6) is 0 Å². The number of pyridine rings is 1. The maximum Gasteiger partial charge on any atom is 0.410 e. The Balaban J connectivity index is 2.19. The summed E-state index contributed by atoms with van der Waals surface area (Å²) in [6.45, 7) is 14.3. The molecular weight excluding hydrogens is 370 g/mol. The van der Waals surface area contributed by atoms with E-state index in [9.17, 15) is 4.79 Å². The third kappa shape index (κ3) is 4.85. The number of piperazine rings is 1. The van der Waals surface area contributed by atoms with Crippen LogP contribution < -0.4 is 4.90 Å². The zero-order valence-electron chi connectivity index (χ0n) is 15.5. The van der Waals surface area contributed by atoms with Gasteiger partial charge < -0.3 is 14.5 Å². The second-order valence-electron chi connectivity index (χ2n) is 8.34. The number of halogens is 1. The van der Waals surface area contributed by atoms with Gasteiger partial charge in [-0.25, -0.2) is 9.78 Å². The Morgan fingerprint density at radius 1 is 1.21 bits per heavy atom. The van der Waals surface area contributed by atoms with Gasteiger partial charge in [0.2, 0.25) is 0 Å². The predicted octanol–water partition coefficient (Wildman–Crippen LogP) is 4.32. The molecule has 0 aromatic carbocycles. The van der Waals surface area contributed by atoms with Gasteiger partial charge >= 0.3 is 6.09 Å². The van der Waals surface area contributed by atoms with E-state index in [2.05, 4.69) is 46.6 Å². The average Bonchev–Trinajstić information content (AvgIpc) is 2.44. The van der Waals surface area contributed by atoms with Crippen molar-refractivity contribution in [3.63, 3.8) is 0 Å². The number of carbonyl (C=O) groups excluding carboxylic acids is 1. The van der Waals surface area contributed by atoms with Gasteiger partial charge in [0.25, 0.3) is 0 Å². The van der Waals surface area contributed by atoms with Gasteiger partial charge in [-0.1, -0.05) is 20.8 Å². The first-order chi connectivity index (χ1) is 11.0. The van der Waals surface area contributed by atoms with Crippen LogP contribution in [0.3, 0.4) is 0 Å². The first kappa shape index (κ1) is 19.0. The number of aromatic nitrogens is 1. The molecule has 1 aromatic heterocycles. The summed E-state index contributed by atoms with van der Waals surface area (Å²) in [6, 6.07) is 4.06. The van der Waals surface area contributed by atoms with Crippen LogP contribution in [-0.2, 0) is 4.74 Å². The van der Waals surface area contributed by atoms with E-state index in [1.165, 1.54) is 0 Å². The van der Waals surface area contributed by atoms with Crippen molar-refractivity contribution in [1.29, 1.82) is 0 Å². The Kier molecular flexibility index (Phi) is 5.47. The highest BCUT2D eigenvalue weighted by atomic mass is 79.9. The highest BCUT2D eigenvalue weighted by molar-refractivity contribution is 9.10. The summed E-state index contributed by atoms with van der Waals surface area (Å²) in [5.74, 6) is 0.941. The number of anilines is 1. The van der Waals surface area contributed by atoms with Crippen molar-refractivity contribution in [2.45, 2.75) is 53.2 Å². The first-order valence-corrected chi connectivity index (χ1v) is 9.13. The lowest BCUT2D eigenvalue weighted by molar-refractivity contribution is -0.000693. The van der Waals surface area contributed by atoms with Crippen molar-refractivity contribution in [1.82, 2.24) is 9.88 Å². The Morgan fingerprint density at radius 2 is 1.88 bits per heavy atom. The maximum atomic E-state index is 12.6. The van der Waals surface area contributed by atoms with Crippen molar-refractivity contribution >= 4 is 27.8 Å². The predicted molar refractivity (Wildman–Crippen MR) is 100 cm³/mol. The molecule has 0 bridgehead atoms. The summed E-state index contributed by atoms with van der Waals surface area (Å²) in [5.41, 5.74) is -0.533. The summed E-state index contributed by atoms with van der Waals surface area (Å²) in [6.07, 6.45) is 1.58. The third-order valence-corrected chi connectivity index (χ3v) is 4.51. The monoisotopic (exact) mass is 397 g/mol. The summed E-state index contributed by atoms with van der Waals surface area (Å²) in [4.78, 5) is 21.2. The molecule has 0 saturated carbocycles. The molecule has 0 spiro atoms. The minimum absolute atomic E-state index is 0.0507. The molecule has 1 unspecified atom stereocenters. The minimum Gasteiger partial charge on any atom is -0.444 e. The third-order valence-electron chi connectivity index (χ3n) is 4.04. The summed E-state index contributed by atoms with van der Waals surface area (Å²) < 4.78 is 6.57. The molecule has 0 N–H and O–H groups in total. The minimum atomic E-state index is -0.482. The molecule has 2 heterocycles. The lowest BCUT2D eigenvalue weighted by Gasteiger charge is -2.47. The van der Waals surface area contributed by atoms with Crippen LogP contribution in [0, 0.1) is 5.41 Å². The molecule has 1 aromatic rings. The molecule has 134 valence electrons. The second kappa shape index (κ2) is 6.90. The summed E-state index contributed by atoms with van der Waals surface area (Å²) in [5, 5.41) is 0. The average molecular weight is 398 g/mol. The standard InChI is InChI=1S/C18H28BrN3O2/c1-17(2,3)14-12-21(15-8-7-13(19)11-20-15)9-10-22(14)16(23)24-18(4,5)6/h7-8,11,14H,9-10,12H2,1-6H3. The number of ether oxygens (including phenoxy) is 1. The Labute approximate surface area is 153 Å². The number of amides is 1. The molecule has 0 aliphatic carbocycles. The van der Waals surface area contributed by atoms with Crippen molar-refractivity contribution < 1.29 is 9.53 Å². The van der Waals surface area contributed by atoms with E-state index in [4.69, 9.17) is 4.74 Å². The van der Waals surface area contributed by atoms with Crippen molar-refractivity contribution in [2.24, 2.45) is 5.41 Å². The molecule has 1 aliphatic rings. The van der Waals surface area contributed by atoms with Gasteiger partial charge in [-0.15, -0.1) is 0 Å². The lowest BCUT2D eigenvalue weighted by Crippen LogP contribution is -2.60. The van der Waals surface area contributed by atoms with Crippen LogP contribution in [-0.4, -0.2) is 47.3 Å². The fraction of sp³-hybridized carbons (Fsp3) is 0.667. The van der Waals surface area contributed by atoms with Crippen LogP contribution >= 0.6 is 15.9 Å². The van der Waals surface area contributed by atoms with Gasteiger partial charge in [0, 0.05) is 30.3 Å². The van der Waals surface area contributed by atoms with E-state index in [1.54, 1.807) is 0 Å². The van der Waals surface area contributed by atoms with Crippen molar-refractivity contribution in [3.05, 3.63) is 22.8 Å². The van der Waals surface area contributed by atoms with Crippen LogP contribution in [0.4, 0.5) is 10.6 Å². The molecule has 1 aliphatic heterocycles. The number of hydrogen-bond acceptors (Lipinski definition) is 4. The number of rotatable bonds is 1. The summed E-state index contributed by atoms with van der Waals surface area (Å²) >= 11 is 3.42. The largest absolute Gasteiger partial charge is 0.444 e. The highest BCUT2D eigenvalue weighted by Crippen LogP contribution is 2.30. The van der Waals surface area contributed by atoms with E-state index in [1.807, 2.05) is 44.0 Å². The zero-order valence-corrected chi connectivity index (χ0v) is 17.1. The van der Waals surface area contributed by atoms with E-state index >= 15 is 0 Å². The van der Waals surface area contributed by atoms with E-state index in [0.717, 1.165) is 23.4 Å². The van der Waals surface area contributed by atoms with Gasteiger partial charge in [0.05, 0.1) is 6.04 Å². The first-order valence-electron chi connectivity index (χ1n) is 8.33. The Morgan fingerprint density at radius 3 is 2.38 bits per heavy atom. The Bertz CT molecular complexity index is 575. The normalized spacial score (nSPS) is 19.4. The molecule has 1 saturated heterocycles. The second-order valence-corrected chi connectivity index (χ2v) is 9.25. The number of nitrogens with zero attached hydrogens (tertiary/aromatic N) is 3. The topological polar surface area (TPSA) is 45.7 Å². The van der Waals surface area contributed by atoms with Gasteiger partial charge in [-0.05, 0) is 54.2 Å². The van der Waals surface area contributed by atoms with Crippen molar-refractivity contribution in [3.8, 4) is 0 Å². The van der Waals surface area contributed by atoms with Crippen LogP contribution in [0.15, 0.2) is 22.8 Å². The van der Waals surface area contributed by atoms with Gasteiger partial charge in [-0.2, -0.15) is 0 Å². The molecule has 1 fully saturated rings. The molecule has 2 rings (SSSR count). The maximum absolute atomic E-state index is 12.6. The fourth-order valence-electron chi connectivity index (χ4n) is 2.83. The molecule has 24 heavy (non-hydrogen) atoms. The SMILES string of the molecule is CC(C)(C)OC(=O)N1CCN(c2ccc(Br)cn2)CC1C(C)(C)C.